The fourth-order valence-electron chi connectivity index (χ4n) is 6.22. The van der Waals surface area contributed by atoms with Crippen molar-refractivity contribution >= 4 is 17.5 Å². The Morgan fingerprint density at radius 2 is 2.00 bits per heavy atom. The number of H-pyrrole nitrogens is 1. The molecule has 186 valence electrons. The third-order valence-corrected chi connectivity index (χ3v) is 7.80. The molecule has 2 amide bonds. The Morgan fingerprint density at radius 1 is 1.08 bits per heavy atom. The smallest absolute Gasteiger partial charge is 0.270 e. The van der Waals surface area contributed by atoms with Gasteiger partial charge in [-0.15, -0.1) is 5.10 Å². The number of benzene rings is 2. The van der Waals surface area contributed by atoms with Crippen LogP contribution in [0.5, 0.6) is 5.75 Å². The number of rotatable bonds is 1. The number of aryl methyl sites for hydroxylation is 1. The van der Waals surface area contributed by atoms with Gasteiger partial charge in [0.25, 0.3) is 5.91 Å². The zero-order valence-corrected chi connectivity index (χ0v) is 20.2. The van der Waals surface area contributed by atoms with Crippen LogP contribution in [0, 0.1) is 0 Å². The van der Waals surface area contributed by atoms with Crippen molar-refractivity contribution in [2.24, 2.45) is 0 Å². The number of aromatic nitrogens is 4. The summed E-state index contributed by atoms with van der Waals surface area (Å²) in [5, 5.41) is 8.60. The van der Waals surface area contributed by atoms with E-state index in [9.17, 15) is 9.59 Å². The Kier molecular flexibility index (Phi) is 4.92. The van der Waals surface area contributed by atoms with Crippen molar-refractivity contribution in [3.8, 4) is 5.75 Å². The third kappa shape index (κ3) is 3.30. The highest BCUT2D eigenvalue weighted by Gasteiger charge is 2.61. The zero-order valence-electron chi connectivity index (χ0n) is 20.2. The van der Waals surface area contributed by atoms with E-state index in [0.29, 0.717) is 38.4 Å². The molecule has 9 heteroatoms. The van der Waals surface area contributed by atoms with E-state index in [2.05, 4.69) is 15.3 Å². The van der Waals surface area contributed by atoms with Gasteiger partial charge in [0, 0.05) is 31.4 Å². The van der Waals surface area contributed by atoms with Crippen molar-refractivity contribution < 1.29 is 14.3 Å². The summed E-state index contributed by atoms with van der Waals surface area (Å²) in [5.41, 5.74) is 3.00. The van der Waals surface area contributed by atoms with Crippen molar-refractivity contribution in [3.05, 3.63) is 95.6 Å². The molecule has 2 atom stereocenters. The van der Waals surface area contributed by atoms with Gasteiger partial charge in [-0.1, -0.05) is 35.5 Å². The van der Waals surface area contributed by atoms with Gasteiger partial charge >= 0.3 is 0 Å². The fraction of sp³-hybridized carbons (Fsp3) is 0.286. The first kappa shape index (κ1) is 21.8. The van der Waals surface area contributed by atoms with Crippen molar-refractivity contribution in [2.75, 3.05) is 18.1 Å². The number of nitrogens with one attached hydrogen (secondary N) is 1. The highest BCUT2D eigenvalue weighted by Crippen LogP contribution is 2.57. The number of nitrogens with zero attached hydrogens (tertiary/aromatic N) is 5. The lowest BCUT2D eigenvalue weighted by Gasteiger charge is -2.35. The zero-order chi connectivity index (χ0) is 25.0. The van der Waals surface area contributed by atoms with Gasteiger partial charge in [-0.3, -0.25) is 14.3 Å². The molecule has 0 aliphatic carbocycles. The summed E-state index contributed by atoms with van der Waals surface area (Å²) >= 11 is 0. The molecule has 3 aliphatic rings. The summed E-state index contributed by atoms with van der Waals surface area (Å²) in [5.74, 6) is 0.579. The van der Waals surface area contributed by atoms with E-state index < -0.39 is 11.5 Å². The first-order valence-electron chi connectivity index (χ1n) is 12.6. The second-order valence-electron chi connectivity index (χ2n) is 9.86. The first-order chi connectivity index (χ1) is 18.1. The number of hydrogen-bond acceptors (Lipinski definition) is 5. The fourth-order valence-corrected chi connectivity index (χ4v) is 6.22. The maximum atomic E-state index is 14.6. The molecule has 9 nitrogen and oxygen atoms in total. The van der Waals surface area contributed by atoms with Gasteiger partial charge in [0.15, 0.2) is 0 Å². The third-order valence-electron chi connectivity index (χ3n) is 7.80. The number of para-hydroxylation sites is 1. The Hall–Kier alpha value is -4.40. The molecule has 2 aromatic carbocycles. The summed E-state index contributed by atoms with van der Waals surface area (Å²) in [6.45, 7) is 1.97. The van der Waals surface area contributed by atoms with Crippen LogP contribution >= 0.6 is 0 Å². The maximum Gasteiger partial charge on any atom is 0.270 e. The number of ether oxygens (including phenoxy) is 1. The molecule has 7 rings (SSSR count). The van der Waals surface area contributed by atoms with Crippen LogP contribution in [-0.2, 0) is 23.3 Å². The van der Waals surface area contributed by atoms with Crippen LogP contribution in [0.2, 0.25) is 0 Å². The lowest BCUT2D eigenvalue weighted by Crippen LogP contribution is -2.45. The molecule has 37 heavy (non-hydrogen) atoms. The molecular formula is C28H26N6O3. The van der Waals surface area contributed by atoms with Gasteiger partial charge in [0.05, 0.1) is 25.4 Å². The van der Waals surface area contributed by atoms with Crippen LogP contribution in [0.3, 0.4) is 0 Å². The summed E-state index contributed by atoms with van der Waals surface area (Å²) in [6, 6.07) is 18.9. The molecule has 1 spiro atoms. The monoisotopic (exact) mass is 494 g/mol. The summed E-state index contributed by atoms with van der Waals surface area (Å²) in [7, 11) is 0. The van der Waals surface area contributed by atoms with Crippen LogP contribution in [0.4, 0.5) is 5.69 Å². The second kappa shape index (κ2) is 8.33. The standard InChI is InChI=1S/C28H26N6O3/c35-26(23-9-4-12-29-23)33-14-11-28-22-8-1-2-10-24(22)34(27(28)36)18-20-17-32(31-30-20)13-5-15-37-21-7-3-6-19(16-21)25(28)33/h1-4,6-10,12,16-17,25,29H,5,11,13-15,18H2/t25-,28+/m0/s1. The molecule has 1 fully saturated rings. The number of carbonyl (C=O) groups excluding carboxylic acids is 2. The lowest BCUT2D eigenvalue weighted by molar-refractivity contribution is -0.124. The van der Waals surface area contributed by atoms with E-state index in [4.69, 9.17) is 4.74 Å². The van der Waals surface area contributed by atoms with E-state index in [-0.39, 0.29) is 11.8 Å². The largest absolute Gasteiger partial charge is 0.494 e. The molecule has 0 radical (unpaired) electrons. The van der Waals surface area contributed by atoms with Crippen LogP contribution in [-0.4, -0.2) is 49.8 Å². The van der Waals surface area contributed by atoms with E-state index in [1.54, 1.807) is 16.9 Å². The molecule has 6 bridgehead atoms. The van der Waals surface area contributed by atoms with Crippen LogP contribution in [0.1, 0.15) is 46.2 Å². The van der Waals surface area contributed by atoms with Crippen molar-refractivity contribution in [2.45, 2.75) is 37.4 Å². The molecule has 1 saturated heterocycles. The van der Waals surface area contributed by atoms with E-state index in [0.717, 1.165) is 34.7 Å². The average molecular weight is 495 g/mol. The highest BCUT2D eigenvalue weighted by atomic mass is 16.5. The van der Waals surface area contributed by atoms with Gasteiger partial charge in [0.2, 0.25) is 5.91 Å². The molecule has 3 aliphatic heterocycles. The molecule has 0 saturated carbocycles. The van der Waals surface area contributed by atoms with Crippen molar-refractivity contribution in [1.82, 2.24) is 24.9 Å². The minimum atomic E-state index is -0.923. The average Bonchev–Trinajstić information content (AvgIpc) is 3.72. The van der Waals surface area contributed by atoms with Crippen LogP contribution in [0.15, 0.2) is 73.1 Å². The van der Waals surface area contributed by atoms with Gasteiger partial charge in [0.1, 0.15) is 22.6 Å². The summed E-state index contributed by atoms with van der Waals surface area (Å²) < 4.78 is 7.89. The van der Waals surface area contributed by atoms with E-state index in [1.807, 2.05) is 70.6 Å². The Balaban J connectivity index is 1.43. The maximum absolute atomic E-state index is 14.6. The molecule has 5 heterocycles. The number of likely N-dealkylation sites (tertiary alicyclic amines) is 1. The predicted molar refractivity (Wildman–Crippen MR) is 135 cm³/mol. The van der Waals surface area contributed by atoms with Gasteiger partial charge in [-0.2, -0.15) is 0 Å². The van der Waals surface area contributed by atoms with E-state index in [1.165, 1.54) is 0 Å². The number of hydrogen-bond donors (Lipinski definition) is 1. The predicted octanol–water partition coefficient (Wildman–Crippen LogP) is 3.46. The number of fused-ring (bicyclic) bond motifs is 8. The number of aromatic amines is 1. The molecule has 0 unspecified atom stereocenters. The Labute approximate surface area is 213 Å². The van der Waals surface area contributed by atoms with Crippen molar-refractivity contribution in [3.63, 3.8) is 0 Å². The minimum Gasteiger partial charge on any atom is -0.494 e. The number of amides is 2. The first-order valence-corrected chi connectivity index (χ1v) is 12.6. The molecule has 2 aromatic heterocycles. The van der Waals surface area contributed by atoms with Gasteiger partial charge in [-0.05, 0) is 47.9 Å². The quantitative estimate of drug-likeness (QED) is 0.437. The Morgan fingerprint density at radius 3 is 2.89 bits per heavy atom. The van der Waals surface area contributed by atoms with Crippen LogP contribution in [0.25, 0.3) is 0 Å². The summed E-state index contributed by atoms with van der Waals surface area (Å²) in [4.78, 5) is 35.0. The van der Waals surface area contributed by atoms with Gasteiger partial charge < -0.3 is 19.5 Å². The lowest BCUT2D eigenvalue weighted by atomic mass is 9.72. The normalized spacial score (nSPS) is 22.6. The Bertz CT molecular complexity index is 1500. The second-order valence-corrected chi connectivity index (χ2v) is 9.86. The molecular weight excluding hydrogens is 468 g/mol. The molecule has 1 N–H and O–H groups in total. The number of anilines is 1. The van der Waals surface area contributed by atoms with Crippen molar-refractivity contribution in [1.29, 1.82) is 0 Å². The number of carbonyl (C=O) groups is 2. The van der Waals surface area contributed by atoms with Gasteiger partial charge in [-0.25, -0.2) is 0 Å². The molecule has 4 aromatic rings. The van der Waals surface area contributed by atoms with Crippen LogP contribution < -0.4 is 9.64 Å². The SMILES string of the molecule is O=C(c1ccc[nH]1)N1CC[C@]23C(=O)N(Cc4cn(nn4)CCCOc4cccc(c4)[C@H]12)c1ccccc13. The topological polar surface area (TPSA) is 96.4 Å². The minimum absolute atomic E-state index is 0.0174. The van der Waals surface area contributed by atoms with E-state index >= 15 is 0 Å². The highest BCUT2D eigenvalue weighted by molar-refractivity contribution is 6.09. The summed E-state index contributed by atoms with van der Waals surface area (Å²) in [6.07, 6.45) is 4.93.